The van der Waals surface area contributed by atoms with Gasteiger partial charge in [-0.2, -0.15) is 4.57 Å². The summed E-state index contributed by atoms with van der Waals surface area (Å²) in [7, 11) is 0. The fourth-order valence-corrected chi connectivity index (χ4v) is 4.06. The molecule has 0 bridgehead atoms. The maximum atomic E-state index is 2.51. The highest BCUT2D eigenvalue weighted by atomic mass is 15.0. The molecular formula is C24H20N+. The highest BCUT2D eigenvalue weighted by Crippen LogP contribution is 2.34. The van der Waals surface area contributed by atoms with E-state index in [0.29, 0.717) is 0 Å². The van der Waals surface area contributed by atoms with E-state index < -0.39 is 0 Å². The summed E-state index contributed by atoms with van der Waals surface area (Å²) in [6.07, 6.45) is 1.09. The molecule has 0 unspecified atom stereocenters. The molecular weight excluding hydrogens is 302 g/mol. The minimum atomic E-state index is 1.03. The van der Waals surface area contributed by atoms with E-state index in [1.807, 2.05) is 0 Å². The normalized spacial score (nSPS) is 12.7. The first-order valence-corrected chi connectivity index (χ1v) is 8.92. The fourth-order valence-electron chi connectivity index (χ4n) is 4.06. The summed E-state index contributed by atoms with van der Waals surface area (Å²) in [6, 6.07) is 28.7. The molecule has 5 rings (SSSR count). The third kappa shape index (κ3) is 2.27. The molecule has 0 aliphatic carbocycles. The molecule has 1 heteroatoms. The number of rotatable bonds is 1. The van der Waals surface area contributed by atoms with Gasteiger partial charge in [0.1, 0.15) is 0 Å². The van der Waals surface area contributed by atoms with Gasteiger partial charge in [0, 0.05) is 18.1 Å². The summed E-state index contributed by atoms with van der Waals surface area (Å²) in [5.41, 5.74) is 8.12. The molecule has 3 aromatic carbocycles. The van der Waals surface area contributed by atoms with Crippen LogP contribution in [0.1, 0.15) is 11.1 Å². The van der Waals surface area contributed by atoms with Crippen LogP contribution >= 0.6 is 0 Å². The molecule has 0 spiro atoms. The van der Waals surface area contributed by atoms with Gasteiger partial charge in [0.15, 0.2) is 6.54 Å². The Labute approximate surface area is 148 Å². The monoisotopic (exact) mass is 322 g/mol. The minimum absolute atomic E-state index is 1.03. The van der Waals surface area contributed by atoms with Crippen molar-refractivity contribution in [2.24, 2.45) is 0 Å². The lowest BCUT2D eigenvalue weighted by Gasteiger charge is -2.19. The Kier molecular flexibility index (Phi) is 3.21. The molecule has 0 saturated carbocycles. The first-order valence-electron chi connectivity index (χ1n) is 8.92. The van der Waals surface area contributed by atoms with Gasteiger partial charge < -0.3 is 0 Å². The van der Waals surface area contributed by atoms with Crippen LogP contribution in [-0.2, 0) is 13.0 Å². The van der Waals surface area contributed by atoms with E-state index in [1.165, 1.54) is 44.4 Å². The summed E-state index contributed by atoms with van der Waals surface area (Å²) in [4.78, 5) is 0. The van der Waals surface area contributed by atoms with E-state index >= 15 is 0 Å². The van der Waals surface area contributed by atoms with Crippen LogP contribution in [-0.4, -0.2) is 0 Å². The SMILES string of the molecule is Cc1ccc2c(c1)-c1c3ccccc3cc(-c3ccccc3)[n+]1CC2. The van der Waals surface area contributed by atoms with E-state index in [1.54, 1.807) is 0 Å². The molecule has 1 aliphatic heterocycles. The van der Waals surface area contributed by atoms with Gasteiger partial charge in [-0.05, 0) is 42.1 Å². The number of hydrogen-bond donors (Lipinski definition) is 0. The molecule has 0 amide bonds. The number of benzene rings is 3. The Morgan fingerprint density at radius 3 is 2.48 bits per heavy atom. The zero-order valence-electron chi connectivity index (χ0n) is 14.4. The number of pyridine rings is 1. The zero-order valence-corrected chi connectivity index (χ0v) is 14.4. The van der Waals surface area contributed by atoms with Gasteiger partial charge in [-0.3, -0.25) is 0 Å². The van der Waals surface area contributed by atoms with Crippen molar-refractivity contribution >= 4 is 10.8 Å². The Morgan fingerprint density at radius 1 is 0.800 bits per heavy atom. The average molecular weight is 322 g/mol. The molecule has 4 aromatic rings. The van der Waals surface area contributed by atoms with Crippen molar-refractivity contribution in [3.63, 3.8) is 0 Å². The molecule has 1 nitrogen and oxygen atoms in total. The van der Waals surface area contributed by atoms with Gasteiger partial charge in [0.25, 0.3) is 0 Å². The Morgan fingerprint density at radius 2 is 1.60 bits per heavy atom. The highest BCUT2D eigenvalue weighted by molar-refractivity contribution is 5.95. The van der Waals surface area contributed by atoms with Crippen molar-refractivity contribution in [1.82, 2.24) is 0 Å². The van der Waals surface area contributed by atoms with Gasteiger partial charge in [-0.1, -0.05) is 54.1 Å². The van der Waals surface area contributed by atoms with E-state index in [4.69, 9.17) is 0 Å². The van der Waals surface area contributed by atoms with Crippen LogP contribution in [0.4, 0.5) is 0 Å². The van der Waals surface area contributed by atoms with E-state index in [-0.39, 0.29) is 0 Å². The molecule has 25 heavy (non-hydrogen) atoms. The first-order chi connectivity index (χ1) is 12.3. The summed E-state index contributed by atoms with van der Waals surface area (Å²) >= 11 is 0. The largest absolute Gasteiger partial charge is 0.221 e. The number of hydrogen-bond acceptors (Lipinski definition) is 0. The summed E-state index contributed by atoms with van der Waals surface area (Å²) in [5, 5.41) is 2.65. The maximum Gasteiger partial charge on any atom is 0.221 e. The topological polar surface area (TPSA) is 3.88 Å². The van der Waals surface area contributed by atoms with Crippen molar-refractivity contribution in [3.8, 4) is 22.5 Å². The van der Waals surface area contributed by atoms with Crippen molar-refractivity contribution < 1.29 is 4.57 Å². The molecule has 1 aliphatic rings. The molecule has 0 radical (unpaired) electrons. The lowest BCUT2D eigenvalue weighted by atomic mass is 9.91. The van der Waals surface area contributed by atoms with Crippen LogP contribution in [0.2, 0.25) is 0 Å². The number of nitrogens with zero attached hydrogens (tertiary/aromatic N) is 1. The highest BCUT2D eigenvalue weighted by Gasteiger charge is 2.29. The lowest BCUT2D eigenvalue weighted by Crippen LogP contribution is -2.42. The van der Waals surface area contributed by atoms with Gasteiger partial charge in [0.05, 0.1) is 10.9 Å². The van der Waals surface area contributed by atoms with Crippen LogP contribution in [0.15, 0.2) is 78.9 Å². The first kappa shape index (κ1) is 14.4. The number of fused-ring (bicyclic) bond motifs is 5. The average Bonchev–Trinajstić information content (AvgIpc) is 2.67. The van der Waals surface area contributed by atoms with Crippen molar-refractivity contribution in [1.29, 1.82) is 0 Å². The van der Waals surface area contributed by atoms with E-state index in [2.05, 4.69) is 90.4 Å². The smallest absolute Gasteiger partial charge is 0.190 e. The second kappa shape index (κ2) is 5.56. The minimum Gasteiger partial charge on any atom is -0.190 e. The molecule has 2 heterocycles. The van der Waals surface area contributed by atoms with Gasteiger partial charge in [0.2, 0.25) is 11.4 Å². The summed E-state index contributed by atoms with van der Waals surface area (Å²) in [5.74, 6) is 0. The lowest BCUT2D eigenvalue weighted by molar-refractivity contribution is -0.675. The predicted molar refractivity (Wildman–Crippen MR) is 103 cm³/mol. The fraction of sp³-hybridized carbons (Fsp3) is 0.125. The molecule has 0 N–H and O–H groups in total. The van der Waals surface area contributed by atoms with Crippen LogP contribution in [0.5, 0.6) is 0 Å². The third-order valence-electron chi connectivity index (χ3n) is 5.26. The van der Waals surface area contributed by atoms with Crippen molar-refractivity contribution in [2.75, 3.05) is 0 Å². The van der Waals surface area contributed by atoms with Crippen molar-refractivity contribution in [3.05, 3.63) is 90.0 Å². The standard InChI is InChI=1S/C24H20N/c1-17-11-12-18-13-14-25-23(19-7-3-2-4-8-19)16-20-9-5-6-10-21(20)24(25)22(18)15-17/h2-12,15-16H,13-14H2,1H3/q+1. The van der Waals surface area contributed by atoms with E-state index in [9.17, 15) is 0 Å². The molecule has 0 atom stereocenters. The Hall–Kier alpha value is -2.93. The van der Waals surface area contributed by atoms with Crippen LogP contribution < -0.4 is 4.57 Å². The second-order valence-electron chi connectivity index (χ2n) is 6.89. The number of aromatic nitrogens is 1. The Bertz CT molecular complexity index is 1090. The van der Waals surface area contributed by atoms with Gasteiger partial charge >= 0.3 is 0 Å². The third-order valence-corrected chi connectivity index (χ3v) is 5.26. The maximum absolute atomic E-state index is 2.51. The quantitative estimate of drug-likeness (QED) is 0.417. The predicted octanol–water partition coefficient (Wildman–Crippen LogP) is 5.33. The molecule has 0 saturated heterocycles. The molecule has 1 aromatic heterocycles. The zero-order chi connectivity index (χ0) is 16.8. The Balaban J connectivity index is 1.92. The summed E-state index contributed by atoms with van der Waals surface area (Å²) in [6.45, 7) is 3.21. The van der Waals surface area contributed by atoms with Gasteiger partial charge in [-0.15, -0.1) is 0 Å². The van der Waals surface area contributed by atoms with Crippen LogP contribution in [0.3, 0.4) is 0 Å². The second-order valence-corrected chi connectivity index (χ2v) is 6.89. The van der Waals surface area contributed by atoms with Crippen LogP contribution in [0, 0.1) is 6.92 Å². The van der Waals surface area contributed by atoms with Crippen LogP contribution in [0.25, 0.3) is 33.3 Å². The number of aryl methyl sites for hydroxylation is 2. The van der Waals surface area contributed by atoms with Gasteiger partial charge in [-0.25, -0.2) is 0 Å². The van der Waals surface area contributed by atoms with Crippen molar-refractivity contribution in [2.45, 2.75) is 19.9 Å². The molecule has 120 valence electrons. The molecule has 0 fully saturated rings. The summed E-state index contributed by atoms with van der Waals surface area (Å²) < 4.78 is 2.51. The van der Waals surface area contributed by atoms with E-state index in [0.717, 1.165) is 13.0 Å².